The first-order chi connectivity index (χ1) is 5.54. The monoisotopic (exact) mass is 206 g/mol. The number of rotatable bonds is 2. The molecule has 0 aliphatic heterocycles. The lowest BCUT2D eigenvalue weighted by molar-refractivity contribution is -0.388. The number of imidazole rings is 1. The lowest BCUT2D eigenvalue weighted by atomic mass is 10.6. The zero-order valence-electron chi connectivity index (χ0n) is 7.59. The molecule has 0 N–H and O–H groups in total. The van der Waals surface area contributed by atoms with Gasteiger partial charge in [-0.05, 0) is 9.91 Å². The van der Waals surface area contributed by atoms with Crippen molar-refractivity contribution in [3.05, 3.63) is 16.4 Å². The minimum absolute atomic E-state index is 0. The van der Waals surface area contributed by atoms with E-state index in [1.165, 1.54) is 6.33 Å². The number of halogens is 1. The van der Waals surface area contributed by atoms with E-state index >= 15 is 0 Å². The lowest BCUT2D eigenvalue weighted by Crippen LogP contribution is -2.13. The Kier molecular flexibility index (Phi) is 3.68. The fourth-order valence-corrected chi connectivity index (χ4v) is 1.06. The molecule has 74 valence electrons. The van der Waals surface area contributed by atoms with E-state index in [4.69, 9.17) is 0 Å². The second-order valence-corrected chi connectivity index (χ2v) is 2.65. The third-order valence-electron chi connectivity index (χ3n) is 1.48. The van der Waals surface area contributed by atoms with Crippen molar-refractivity contribution in [3.8, 4) is 0 Å². The van der Waals surface area contributed by atoms with Crippen molar-refractivity contribution in [3.63, 3.8) is 0 Å². The molecule has 0 aliphatic carbocycles. The minimum atomic E-state index is -0.491. The van der Waals surface area contributed by atoms with E-state index in [9.17, 15) is 10.1 Å². The van der Waals surface area contributed by atoms with Crippen LogP contribution in [-0.4, -0.2) is 28.6 Å². The molecule has 1 rings (SSSR count). The van der Waals surface area contributed by atoms with E-state index in [-0.39, 0.29) is 18.2 Å². The average Bonchev–Trinajstić information content (AvgIpc) is 2.30. The topological polar surface area (TPSA) is 64.2 Å². The first-order valence-corrected chi connectivity index (χ1v) is 3.37. The Hall–Kier alpha value is -1.30. The summed E-state index contributed by atoms with van der Waals surface area (Å²) in [5, 5.41) is 10.4. The van der Waals surface area contributed by atoms with Crippen LogP contribution >= 0.6 is 12.4 Å². The molecule has 0 saturated heterocycles. The second kappa shape index (κ2) is 4.08. The number of hydrogen-bond acceptors (Lipinski definition) is 4. The Bertz CT molecular complexity index is 310. The summed E-state index contributed by atoms with van der Waals surface area (Å²) in [5.74, 6) is 0.391. The van der Waals surface area contributed by atoms with Crippen LogP contribution in [0, 0.1) is 10.1 Å². The van der Waals surface area contributed by atoms with Gasteiger partial charge in [-0.25, -0.2) is 0 Å². The van der Waals surface area contributed by atoms with Crippen LogP contribution in [0.4, 0.5) is 11.6 Å². The van der Waals surface area contributed by atoms with E-state index in [1.807, 2.05) is 0 Å². The lowest BCUT2D eigenvalue weighted by Gasteiger charge is -2.10. The highest BCUT2D eigenvalue weighted by Crippen LogP contribution is 2.22. The first-order valence-electron chi connectivity index (χ1n) is 3.37. The van der Waals surface area contributed by atoms with E-state index in [0.29, 0.717) is 5.82 Å². The number of nitro groups is 1. The Morgan fingerprint density at radius 2 is 2.15 bits per heavy atom. The van der Waals surface area contributed by atoms with Gasteiger partial charge in [0.15, 0.2) is 0 Å². The van der Waals surface area contributed by atoms with Crippen LogP contribution in [0.2, 0.25) is 0 Å². The molecule has 0 spiro atoms. The maximum Gasteiger partial charge on any atom is 0.406 e. The van der Waals surface area contributed by atoms with Crippen molar-refractivity contribution in [2.24, 2.45) is 7.05 Å². The third-order valence-corrected chi connectivity index (χ3v) is 1.48. The summed E-state index contributed by atoms with van der Waals surface area (Å²) in [6.45, 7) is 0. The molecule has 0 saturated carbocycles. The van der Waals surface area contributed by atoms with Crippen LogP contribution < -0.4 is 4.90 Å². The molecule has 1 aromatic heterocycles. The van der Waals surface area contributed by atoms with Gasteiger partial charge in [0.05, 0.1) is 0 Å². The molecule has 0 radical (unpaired) electrons. The normalized spacial score (nSPS) is 9.15. The van der Waals surface area contributed by atoms with Crippen molar-refractivity contribution in [2.75, 3.05) is 19.0 Å². The molecule has 0 bridgehead atoms. The zero-order valence-corrected chi connectivity index (χ0v) is 8.41. The van der Waals surface area contributed by atoms with Crippen molar-refractivity contribution < 1.29 is 4.92 Å². The predicted molar refractivity (Wildman–Crippen MR) is 51.4 cm³/mol. The van der Waals surface area contributed by atoms with E-state index in [0.717, 1.165) is 0 Å². The van der Waals surface area contributed by atoms with Crippen LogP contribution in [-0.2, 0) is 7.05 Å². The van der Waals surface area contributed by atoms with Crippen molar-refractivity contribution in [1.82, 2.24) is 9.55 Å². The summed E-state index contributed by atoms with van der Waals surface area (Å²) in [7, 11) is 5.20. The Morgan fingerprint density at radius 3 is 2.46 bits per heavy atom. The molecule has 13 heavy (non-hydrogen) atoms. The summed E-state index contributed by atoms with van der Waals surface area (Å²) < 4.78 is 1.61. The van der Waals surface area contributed by atoms with Crippen LogP contribution in [0.3, 0.4) is 0 Å². The summed E-state index contributed by atoms with van der Waals surface area (Å²) in [6, 6.07) is 0. The SMILES string of the molecule is CN(C)c1c([N+](=O)[O-])ncn1C.Cl. The highest BCUT2D eigenvalue weighted by atomic mass is 35.5. The van der Waals surface area contributed by atoms with Gasteiger partial charge in [0.25, 0.3) is 0 Å². The second-order valence-electron chi connectivity index (χ2n) is 2.65. The molecular weight excluding hydrogens is 196 g/mol. The summed E-state index contributed by atoms with van der Waals surface area (Å²) in [6.07, 6.45) is 1.42. The molecule has 0 unspecified atom stereocenters. The molecule has 1 aromatic rings. The number of aryl methyl sites for hydroxylation is 1. The Labute approximate surface area is 81.7 Å². The van der Waals surface area contributed by atoms with Gasteiger partial charge in [-0.3, -0.25) is 4.57 Å². The quantitative estimate of drug-likeness (QED) is 0.531. The summed E-state index contributed by atoms with van der Waals surface area (Å²) >= 11 is 0. The van der Waals surface area contributed by atoms with Gasteiger partial charge in [0.1, 0.15) is 0 Å². The van der Waals surface area contributed by atoms with Gasteiger partial charge in [0.2, 0.25) is 12.1 Å². The molecule has 0 atom stereocenters. The largest absolute Gasteiger partial charge is 0.406 e. The van der Waals surface area contributed by atoms with Crippen molar-refractivity contribution in [2.45, 2.75) is 0 Å². The van der Waals surface area contributed by atoms with Crippen molar-refractivity contribution >= 4 is 24.0 Å². The van der Waals surface area contributed by atoms with Gasteiger partial charge in [0, 0.05) is 21.1 Å². The predicted octanol–water partition coefficient (Wildman–Crippen LogP) is 0.816. The van der Waals surface area contributed by atoms with Crippen LogP contribution in [0.5, 0.6) is 0 Å². The number of anilines is 1. The molecule has 7 heteroatoms. The van der Waals surface area contributed by atoms with E-state index in [1.54, 1.807) is 30.6 Å². The number of aromatic nitrogens is 2. The molecule has 0 fully saturated rings. The molecule has 0 amide bonds. The fraction of sp³-hybridized carbons (Fsp3) is 0.500. The molecule has 1 heterocycles. The van der Waals surface area contributed by atoms with Crippen LogP contribution in [0.1, 0.15) is 0 Å². The van der Waals surface area contributed by atoms with Crippen LogP contribution in [0.15, 0.2) is 6.33 Å². The Morgan fingerprint density at radius 1 is 1.62 bits per heavy atom. The van der Waals surface area contributed by atoms with Gasteiger partial charge >= 0.3 is 5.82 Å². The van der Waals surface area contributed by atoms with Gasteiger partial charge in [-0.15, -0.1) is 12.4 Å². The maximum absolute atomic E-state index is 10.4. The first kappa shape index (κ1) is 11.7. The van der Waals surface area contributed by atoms with E-state index in [2.05, 4.69) is 4.98 Å². The van der Waals surface area contributed by atoms with Gasteiger partial charge in [-0.1, -0.05) is 0 Å². The molecule has 0 aliphatic rings. The maximum atomic E-state index is 10.4. The van der Waals surface area contributed by atoms with Gasteiger partial charge < -0.3 is 15.0 Å². The highest BCUT2D eigenvalue weighted by molar-refractivity contribution is 5.85. The van der Waals surface area contributed by atoms with Crippen molar-refractivity contribution in [1.29, 1.82) is 0 Å². The smallest absolute Gasteiger partial charge is 0.358 e. The summed E-state index contributed by atoms with van der Waals surface area (Å²) in [4.78, 5) is 15.3. The average molecular weight is 207 g/mol. The Balaban J connectivity index is 0.00000144. The molecule has 0 aromatic carbocycles. The van der Waals surface area contributed by atoms with Crippen LogP contribution in [0.25, 0.3) is 0 Å². The highest BCUT2D eigenvalue weighted by Gasteiger charge is 2.20. The molecular formula is C6H11ClN4O2. The standard InChI is InChI=1S/C6H10N4O2.ClH/c1-8(2)6-5(10(11)12)7-4-9(6)3;/h4H,1-3H3;1H. The minimum Gasteiger partial charge on any atom is -0.358 e. The number of nitrogens with zero attached hydrogens (tertiary/aromatic N) is 4. The van der Waals surface area contributed by atoms with Gasteiger partial charge in [-0.2, -0.15) is 0 Å². The fourth-order valence-electron chi connectivity index (χ4n) is 1.06. The third kappa shape index (κ3) is 2.09. The summed E-state index contributed by atoms with van der Waals surface area (Å²) in [5.41, 5.74) is 0. The zero-order chi connectivity index (χ0) is 9.30. The molecule has 6 nitrogen and oxygen atoms in total. The van der Waals surface area contributed by atoms with E-state index < -0.39 is 4.92 Å². The number of hydrogen-bond donors (Lipinski definition) is 0.